The molecule has 0 amide bonds. The van der Waals surface area contributed by atoms with Crippen LogP contribution in [0.5, 0.6) is 11.5 Å². The first-order valence-corrected chi connectivity index (χ1v) is 7.51. The summed E-state index contributed by atoms with van der Waals surface area (Å²) in [4.78, 5) is 12.0. The summed E-state index contributed by atoms with van der Waals surface area (Å²) in [7, 11) is 0. The molecule has 0 saturated heterocycles. The number of rotatable bonds is 7. The number of carbonyl (C=O) groups excluding carboxylic acids is 1. The Bertz CT molecular complexity index is 690. The number of halogens is 1. The Morgan fingerprint density at radius 2 is 1.65 bits per heavy atom. The van der Waals surface area contributed by atoms with Crippen molar-refractivity contribution in [2.75, 3.05) is 13.2 Å². The molecule has 0 spiro atoms. The van der Waals surface area contributed by atoms with E-state index in [1.165, 1.54) is 30.3 Å². The molecule has 0 N–H and O–H groups in total. The summed E-state index contributed by atoms with van der Waals surface area (Å²) in [6, 6.07) is 11.0. The molecule has 0 bridgehead atoms. The molecule has 0 aliphatic carbocycles. The molecule has 23 heavy (non-hydrogen) atoms. The standard InChI is InChI=1S/C19H19FO3/c1-3-22-18-12-6-14(13-19(18)23-4-2)5-11-17(21)15-7-9-16(20)10-8-15/h5-13H,3-4H2,1-2H3. The molecule has 120 valence electrons. The fourth-order valence-electron chi connectivity index (χ4n) is 2.05. The topological polar surface area (TPSA) is 35.5 Å². The fourth-order valence-corrected chi connectivity index (χ4v) is 2.05. The molecule has 0 fully saturated rings. The Morgan fingerprint density at radius 3 is 2.30 bits per heavy atom. The Kier molecular flexibility index (Phi) is 5.92. The molecular weight excluding hydrogens is 295 g/mol. The van der Waals surface area contributed by atoms with Gasteiger partial charge in [0.15, 0.2) is 17.3 Å². The van der Waals surface area contributed by atoms with Crippen molar-refractivity contribution in [3.63, 3.8) is 0 Å². The molecule has 0 heterocycles. The van der Waals surface area contributed by atoms with Gasteiger partial charge in [-0.2, -0.15) is 0 Å². The Morgan fingerprint density at radius 1 is 1.00 bits per heavy atom. The summed E-state index contributed by atoms with van der Waals surface area (Å²) in [5.74, 6) is 0.775. The van der Waals surface area contributed by atoms with Gasteiger partial charge in [-0.05, 0) is 61.9 Å². The van der Waals surface area contributed by atoms with Crippen LogP contribution in [0.1, 0.15) is 29.8 Å². The summed E-state index contributed by atoms with van der Waals surface area (Å²) in [6.45, 7) is 4.89. The van der Waals surface area contributed by atoms with E-state index in [0.29, 0.717) is 30.3 Å². The van der Waals surface area contributed by atoms with Crippen molar-refractivity contribution >= 4 is 11.9 Å². The first-order chi connectivity index (χ1) is 11.1. The predicted octanol–water partition coefficient (Wildman–Crippen LogP) is 4.52. The average Bonchev–Trinajstić information content (AvgIpc) is 2.56. The SMILES string of the molecule is CCOc1ccc(C=CC(=O)c2ccc(F)cc2)cc1OCC. The third kappa shape index (κ3) is 4.68. The van der Waals surface area contributed by atoms with Crippen molar-refractivity contribution in [2.24, 2.45) is 0 Å². The molecule has 0 atom stereocenters. The molecule has 0 saturated carbocycles. The third-order valence-corrected chi connectivity index (χ3v) is 3.12. The van der Waals surface area contributed by atoms with Gasteiger partial charge in [0, 0.05) is 5.56 Å². The van der Waals surface area contributed by atoms with Crippen LogP contribution in [-0.4, -0.2) is 19.0 Å². The van der Waals surface area contributed by atoms with Gasteiger partial charge in [0.2, 0.25) is 0 Å². The summed E-state index contributed by atoms with van der Waals surface area (Å²) in [5, 5.41) is 0. The first kappa shape index (κ1) is 16.7. The zero-order valence-corrected chi connectivity index (χ0v) is 13.2. The summed E-state index contributed by atoms with van der Waals surface area (Å²) in [6.07, 6.45) is 3.16. The molecule has 2 aromatic carbocycles. The first-order valence-electron chi connectivity index (χ1n) is 7.51. The normalized spacial score (nSPS) is 10.7. The quantitative estimate of drug-likeness (QED) is 0.557. The van der Waals surface area contributed by atoms with Gasteiger partial charge in [0.05, 0.1) is 13.2 Å². The van der Waals surface area contributed by atoms with E-state index >= 15 is 0 Å². The highest BCUT2D eigenvalue weighted by molar-refractivity contribution is 6.06. The second-order valence-electron chi connectivity index (χ2n) is 4.78. The minimum Gasteiger partial charge on any atom is -0.490 e. The molecule has 0 aromatic heterocycles. The molecule has 3 nitrogen and oxygen atoms in total. The average molecular weight is 314 g/mol. The highest BCUT2D eigenvalue weighted by Crippen LogP contribution is 2.29. The summed E-state index contributed by atoms with van der Waals surface area (Å²) >= 11 is 0. The molecule has 0 radical (unpaired) electrons. The van der Waals surface area contributed by atoms with Crippen LogP contribution < -0.4 is 9.47 Å². The van der Waals surface area contributed by atoms with E-state index in [2.05, 4.69) is 0 Å². The molecule has 0 aliphatic rings. The molecule has 0 aliphatic heterocycles. The van der Waals surface area contributed by atoms with Crippen molar-refractivity contribution in [3.8, 4) is 11.5 Å². The highest BCUT2D eigenvalue weighted by Gasteiger charge is 2.06. The number of hydrogen-bond acceptors (Lipinski definition) is 3. The molecular formula is C19H19FO3. The number of benzene rings is 2. The second-order valence-corrected chi connectivity index (χ2v) is 4.78. The molecule has 2 rings (SSSR count). The third-order valence-electron chi connectivity index (χ3n) is 3.12. The maximum Gasteiger partial charge on any atom is 0.185 e. The van der Waals surface area contributed by atoms with E-state index in [0.717, 1.165) is 5.56 Å². The van der Waals surface area contributed by atoms with Crippen LogP contribution in [0.15, 0.2) is 48.5 Å². The maximum absolute atomic E-state index is 12.9. The lowest BCUT2D eigenvalue weighted by molar-refractivity contribution is 0.104. The van der Waals surface area contributed by atoms with Gasteiger partial charge in [0.25, 0.3) is 0 Å². The van der Waals surface area contributed by atoms with E-state index in [1.54, 1.807) is 6.08 Å². The van der Waals surface area contributed by atoms with Crippen molar-refractivity contribution in [1.29, 1.82) is 0 Å². The van der Waals surface area contributed by atoms with Crippen LogP contribution in [0.3, 0.4) is 0 Å². The predicted molar refractivity (Wildman–Crippen MR) is 88.5 cm³/mol. The molecule has 2 aromatic rings. The van der Waals surface area contributed by atoms with Crippen molar-refractivity contribution in [3.05, 3.63) is 65.5 Å². The summed E-state index contributed by atoms with van der Waals surface area (Å²) in [5.41, 5.74) is 1.27. The van der Waals surface area contributed by atoms with Crippen LogP contribution in [0.25, 0.3) is 6.08 Å². The monoisotopic (exact) mass is 314 g/mol. The van der Waals surface area contributed by atoms with Crippen molar-refractivity contribution in [1.82, 2.24) is 0 Å². The number of carbonyl (C=O) groups is 1. The molecule has 0 unspecified atom stereocenters. The van der Waals surface area contributed by atoms with Crippen molar-refractivity contribution in [2.45, 2.75) is 13.8 Å². The van der Waals surface area contributed by atoms with Crippen molar-refractivity contribution < 1.29 is 18.7 Å². The minimum atomic E-state index is -0.363. The Hall–Kier alpha value is -2.62. The van der Waals surface area contributed by atoms with Gasteiger partial charge < -0.3 is 9.47 Å². The maximum atomic E-state index is 12.9. The number of allylic oxidation sites excluding steroid dienone is 1. The van der Waals surface area contributed by atoms with Crippen LogP contribution >= 0.6 is 0 Å². The van der Waals surface area contributed by atoms with Gasteiger partial charge in [0.1, 0.15) is 5.82 Å². The van der Waals surface area contributed by atoms with E-state index in [4.69, 9.17) is 9.47 Å². The fraction of sp³-hybridized carbons (Fsp3) is 0.211. The minimum absolute atomic E-state index is 0.183. The van der Waals surface area contributed by atoms with Crippen LogP contribution in [0, 0.1) is 5.82 Å². The number of hydrogen-bond donors (Lipinski definition) is 0. The summed E-state index contributed by atoms with van der Waals surface area (Å²) < 4.78 is 23.9. The molecule has 4 heteroatoms. The smallest absolute Gasteiger partial charge is 0.185 e. The number of ketones is 1. The van der Waals surface area contributed by atoms with Gasteiger partial charge in [-0.3, -0.25) is 4.79 Å². The largest absolute Gasteiger partial charge is 0.490 e. The van der Waals surface area contributed by atoms with E-state index < -0.39 is 0 Å². The van der Waals surface area contributed by atoms with Crippen LogP contribution in [0.4, 0.5) is 4.39 Å². The Balaban J connectivity index is 2.16. The van der Waals surface area contributed by atoms with E-state index in [9.17, 15) is 9.18 Å². The van der Waals surface area contributed by atoms with E-state index in [1.807, 2.05) is 32.0 Å². The number of ether oxygens (including phenoxy) is 2. The van der Waals surface area contributed by atoms with Gasteiger partial charge >= 0.3 is 0 Å². The highest BCUT2D eigenvalue weighted by atomic mass is 19.1. The van der Waals surface area contributed by atoms with Gasteiger partial charge in [-0.25, -0.2) is 4.39 Å². The second kappa shape index (κ2) is 8.13. The van der Waals surface area contributed by atoms with E-state index in [-0.39, 0.29) is 11.6 Å². The van der Waals surface area contributed by atoms with Crippen LogP contribution in [0.2, 0.25) is 0 Å². The zero-order chi connectivity index (χ0) is 16.7. The lowest BCUT2D eigenvalue weighted by atomic mass is 10.1. The lowest BCUT2D eigenvalue weighted by Crippen LogP contribution is -1.98. The zero-order valence-electron chi connectivity index (χ0n) is 13.2. The van der Waals surface area contributed by atoms with Crippen LogP contribution in [-0.2, 0) is 0 Å². The lowest BCUT2D eigenvalue weighted by Gasteiger charge is -2.11. The van der Waals surface area contributed by atoms with Gasteiger partial charge in [-0.1, -0.05) is 12.1 Å². The van der Waals surface area contributed by atoms with Gasteiger partial charge in [-0.15, -0.1) is 0 Å². The Labute approximate surface area is 135 Å².